The average molecular weight is 351 g/mol. The van der Waals surface area contributed by atoms with Gasteiger partial charge in [-0.2, -0.15) is 0 Å². The molecule has 8 heteroatoms. The van der Waals surface area contributed by atoms with Gasteiger partial charge in [-0.15, -0.1) is 0 Å². The largest absolute Gasteiger partial charge is 0.360 e. The van der Waals surface area contributed by atoms with Crippen LogP contribution in [0.25, 0.3) is 22.0 Å². The molecule has 1 aromatic heterocycles. The summed E-state index contributed by atoms with van der Waals surface area (Å²) in [6, 6.07) is 8.05. The van der Waals surface area contributed by atoms with Gasteiger partial charge in [-0.3, -0.25) is 0 Å². The van der Waals surface area contributed by atoms with E-state index in [1.54, 1.807) is 12.3 Å². The molecule has 0 saturated carbocycles. The highest BCUT2D eigenvalue weighted by molar-refractivity contribution is 7.89. The summed E-state index contributed by atoms with van der Waals surface area (Å²) in [4.78, 5) is 2.47. The van der Waals surface area contributed by atoms with E-state index in [1.165, 1.54) is 24.3 Å². The van der Waals surface area contributed by atoms with Crippen molar-refractivity contribution in [2.45, 2.75) is 4.90 Å². The van der Waals surface area contributed by atoms with E-state index >= 15 is 0 Å². The Hall–Kier alpha value is -2.29. The van der Waals surface area contributed by atoms with Crippen molar-refractivity contribution in [1.29, 1.82) is 0 Å². The van der Waals surface area contributed by atoms with Gasteiger partial charge in [0.1, 0.15) is 16.5 Å². The number of nitrogens with two attached hydrogens (primary N) is 1. The van der Waals surface area contributed by atoms with Crippen molar-refractivity contribution in [3.05, 3.63) is 54.2 Å². The molecule has 5 nitrogen and oxygen atoms in total. The first-order chi connectivity index (χ1) is 11.4. The highest BCUT2D eigenvalue weighted by Crippen LogP contribution is 2.31. The van der Waals surface area contributed by atoms with E-state index < -0.39 is 20.7 Å². The fraction of sp³-hybridized carbons (Fsp3) is 0.125. The predicted octanol–water partition coefficient (Wildman–Crippen LogP) is 2.35. The zero-order valence-corrected chi connectivity index (χ0v) is 13.3. The van der Waals surface area contributed by atoms with Crippen molar-refractivity contribution in [3.63, 3.8) is 0 Å². The maximum Gasteiger partial charge on any atom is 0.243 e. The van der Waals surface area contributed by atoms with Crippen LogP contribution in [-0.4, -0.2) is 26.5 Å². The lowest BCUT2D eigenvalue weighted by atomic mass is 10.0. The molecule has 0 atom stereocenters. The minimum Gasteiger partial charge on any atom is -0.360 e. The van der Waals surface area contributed by atoms with Crippen LogP contribution in [0.1, 0.15) is 0 Å². The molecule has 2 aromatic carbocycles. The Morgan fingerprint density at radius 2 is 1.92 bits per heavy atom. The van der Waals surface area contributed by atoms with Crippen LogP contribution in [0.4, 0.5) is 8.78 Å². The van der Waals surface area contributed by atoms with Gasteiger partial charge in [-0.25, -0.2) is 21.9 Å². The normalized spacial score (nSPS) is 12.0. The maximum atomic E-state index is 14.0. The zero-order chi connectivity index (χ0) is 17.3. The third kappa shape index (κ3) is 3.03. The van der Waals surface area contributed by atoms with Crippen molar-refractivity contribution < 1.29 is 17.2 Å². The number of hydrogen-bond acceptors (Lipinski definition) is 3. The molecule has 24 heavy (non-hydrogen) atoms. The van der Waals surface area contributed by atoms with Crippen LogP contribution in [0.15, 0.2) is 47.5 Å². The Kier molecular flexibility index (Phi) is 4.35. The van der Waals surface area contributed by atoms with Crippen LogP contribution < -0.4 is 10.5 Å². The van der Waals surface area contributed by atoms with Gasteiger partial charge in [-0.05, 0) is 35.9 Å². The standard InChI is InChI=1S/C16H15F2N3O2S/c17-11-2-3-12-13(9-20-15(12)8-11)10-1-4-14(18)16(7-10)24(22,23)21-6-5-19/h1-4,7-9,20-21H,5-6,19H2. The maximum absolute atomic E-state index is 14.0. The van der Waals surface area contributed by atoms with Gasteiger partial charge in [0.25, 0.3) is 0 Å². The number of fused-ring (bicyclic) bond motifs is 1. The van der Waals surface area contributed by atoms with E-state index in [2.05, 4.69) is 9.71 Å². The SMILES string of the molecule is NCCNS(=O)(=O)c1cc(-c2c[nH]c3cc(F)ccc23)ccc1F. The minimum absolute atomic E-state index is 0.0123. The van der Waals surface area contributed by atoms with Gasteiger partial charge < -0.3 is 10.7 Å². The van der Waals surface area contributed by atoms with Crippen molar-refractivity contribution in [2.75, 3.05) is 13.1 Å². The van der Waals surface area contributed by atoms with Crippen LogP contribution in [0.3, 0.4) is 0 Å². The summed E-state index contributed by atoms with van der Waals surface area (Å²) < 4.78 is 53.9. The first kappa shape index (κ1) is 16.6. The number of sulfonamides is 1. The quantitative estimate of drug-likeness (QED) is 0.659. The molecule has 0 spiro atoms. The molecule has 4 N–H and O–H groups in total. The molecule has 0 aliphatic heterocycles. The fourth-order valence-electron chi connectivity index (χ4n) is 2.49. The van der Waals surface area contributed by atoms with E-state index in [9.17, 15) is 17.2 Å². The molecule has 3 aromatic rings. The molecule has 0 amide bonds. The molecule has 0 unspecified atom stereocenters. The number of halogens is 2. The number of aromatic amines is 1. The lowest BCUT2D eigenvalue weighted by Gasteiger charge is -2.09. The monoisotopic (exact) mass is 351 g/mol. The van der Waals surface area contributed by atoms with E-state index in [0.29, 0.717) is 22.0 Å². The summed E-state index contributed by atoms with van der Waals surface area (Å²) in [6.45, 7) is 0.118. The lowest BCUT2D eigenvalue weighted by Crippen LogP contribution is -2.29. The molecular formula is C16H15F2N3O2S. The second kappa shape index (κ2) is 6.31. The first-order valence-corrected chi connectivity index (χ1v) is 8.67. The van der Waals surface area contributed by atoms with E-state index in [0.717, 1.165) is 6.07 Å². The Bertz CT molecular complexity index is 1000. The number of rotatable bonds is 5. The summed E-state index contributed by atoms with van der Waals surface area (Å²) in [6.07, 6.45) is 1.63. The van der Waals surface area contributed by atoms with Crippen LogP contribution in [0.2, 0.25) is 0 Å². The smallest absolute Gasteiger partial charge is 0.243 e. The number of benzene rings is 2. The average Bonchev–Trinajstić information content (AvgIpc) is 2.96. The first-order valence-electron chi connectivity index (χ1n) is 7.18. The molecule has 126 valence electrons. The fourth-order valence-corrected chi connectivity index (χ4v) is 3.63. The minimum atomic E-state index is -4.00. The highest BCUT2D eigenvalue weighted by Gasteiger charge is 2.20. The van der Waals surface area contributed by atoms with Crippen LogP contribution in [-0.2, 0) is 10.0 Å². The Labute approximate surface area is 137 Å². The molecule has 0 radical (unpaired) electrons. The summed E-state index contributed by atoms with van der Waals surface area (Å²) in [5, 5.41) is 0.710. The number of aromatic nitrogens is 1. The van der Waals surface area contributed by atoms with Gasteiger partial charge in [0.15, 0.2) is 0 Å². The summed E-state index contributed by atoms with van der Waals surface area (Å²) in [7, 11) is -4.00. The van der Waals surface area contributed by atoms with Crippen molar-refractivity contribution in [3.8, 4) is 11.1 Å². The summed E-state index contributed by atoms with van der Waals surface area (Å²) in [5.74, 6) is -1.24. The van der Waals surface area contributed by atoms with Gasteiger partial charge >= 0.3 is 0 Å². The van der Waals surface area contributed by atoms with Crippen LogP contribution in [0, 0.1) is 11.6 Å². The van der Waals surface area contributed by atoms with Crippen molar-refractivity contribution in [2.24, 2.45) is 5.73 Å². The molecule has 0 aliphatic rings. The summed E-state index contributed by atoms with van der Waals surface area (Å²) >= 11 is 0. The Morgan fingerprint density at radius 1 is 1.12 bits per heavy atom. The summed E-state index contributed by atoms with van der Waals surface area (Å²) in [5.41, 5.74) is 7.00. The third-order valence-electron chi connectivity index (χ3n) is 3.61. The van der Waals surface area contributed by atoms with Crippen LogP contribution in [0.5, 0.6) is 0 Å². The molecule has 1 heterocycles. The molecule has 0 saturated heterocycles. The lowest BCUT2D eigenvalue weighted by molar-refractivity contribution is 0.557. The van der Waals surface area contributed by atoms with Gasteiger partial charge in [-0.1, -0.05) is 6.07 Å². The third-order valence-corrected chi connectivity index (χ3v) is 5.09. The van der Waals surface area contributed by atoms with Crippen molar-refractivity contribution >= 4 is 20.9 Å². The second-order valence-corrected chi connectivity index (χ2v) is 6.96. The van der Waals surface area contributed by atoms with E-state index in [-0.39, 0.29) is 18.9 Å². The van der Waals surface area contributed by atoms with Gasteiger partial charge in [0, 0.05) is 35.8 Å². The second-order valence-electron chi connectivity index (χ2n) is 5.22. The highest BCUT2D eigenvalue weighted by atomic mass is 32.2. The Balaban J connectivity index is 2.11. The van der Waals surface area contributed by atoms with E-state index in [1.807, 2.05) is 0 Å². The number of hydrogen-bond donors (Lipinski definition) is 3. The zero-order valence-electron chi connectivity index (χ0n) is 12.5. The topological polar surface area (TPSA) is 88.0 Å². The van der Waals surface area contributed by atoms with Crippen molar-refractivity contribution in [1.82, 2.24) is 9.71 Å². The van der Waals surface area contributed by atoms with Crippen LogP contribution >= 0.6 is 0 Å². The Morgan fingerprint density at radius 3 is 2.67 bits per heavy atom. The number of H-pyrrole nitrogens is 1. The van der Waals surface area contributed by atoms with E-state index in [4.69, 9.17) is 5.73 Å². The molecule has 0 bridgehead atoms. The molecule has 3 rings (SSSR count). The molecule has 0 fully saturated rings. The molecular weight excluding hydrogens is 336 g/mol. The molecule has 0 aliphatic carbocycles. The predicted molar refractivity (Wildman–Crippen MR) is 87.9 cm³/mol. The van der Waals surface area contributed by atoms with Gasteiger partial charge in [0.2, 0.25) is 10.0 Å². The number of nitrogens with one attached hydrogen (secondary N) is 2. The van der Waals surface area contributed by atoms with Gasteiger partial charge in [0.05, 0.1) is 0 Å².